The highest BCUT2D eigenvalue weighted by molar-refractivity contribution is 6.51. The number of anilines is 1. The third-order valence-corrected chi connectivity index (χ3v) is 5.95. The molecule has 0 radical (unpaired) electrons. The van der Waals surface area contributed by atoms with Gasteiger partial charge in [-0.1, -0.05) is 55.8 Å². The average molecular weight is 486 g/mol. The van der Waals surface area contributed by atoms with Crippen LogP contribution in [0, 0.1) is 12.8 Å². The van der Waals surface area contributed by atoms with E-state index in [1.807, 2.05) is 64.1 Å². The van der Waals surface area contributed by atoms with Crippen molar-refractivity contribution < 1.29 is 24.2 Å². The van der Waals surface area contributed by atoms with Gasteiger partial charge >= 0.3 is 0 Å². The second kappa shape index (κ2) is 10.7. The molecule has 0 spiro atoms. The van der Waals surface area contributed by atoms with Crippen LogP contribution >= 0.6 is 0 Å². The standard InChI is InChI=1S/C30H31NO5/c1-5-35-24-15-11-21(12-16-24)27-26(28(32)22-7-6-8-25(17-22)36-18-19(2)3)29(33)30(34)31(27)23-13-9-20(4)10-14-23/h6-17,19,27,32H,5,18H2,1-4H3/b28-26-. The van der Waals surface area contributed by atoms with E-state index in [4.69, 9.17) is 9.47 Å². The van der Waals surface area contributed by atoms with E-state index < -0.39 is 17.7 Å². The third-order valence-electron chi connectivity index (χ3n) is 5.95. The lowest BCUT2D eigenvalue weighted by molar-refractivity contribution is -0.132. The second-order valence-corrected chi connectivity index (χ2v) is 9.24. The summed E-state index contributed by atoms with van der Waals surface area (Å²) >= 11 is 0. The molecule has 4 rings (SSSR count). The van der Waals surface area contributed by atoms with E-state index in [-0.39, 0.29) is 11.3 Å². The number of ether oxygens (including phenoxy) is 2. The normalized spacial score (nSPS) is 17.0. The zero-order valence-electron chi connectivity index (χ0n) is 21.0. The Hall–Kier alpha value is -4.06. The number of amides is 1. The molecule has 6 heteroatoms. The molecular weight excluding hydrogens is 454 g/mol. The van der Waals surface area contributed by atoms with Gasteiger partial charge in [-0.3, -0.25) is 14.5 Å². The van der Waals surface area contributed by atoms with Crippen LogP contribution in [0.25, 0.3) is 5.76 Å². The summed E-state index contributed by atoms with van der Waals surface area (Å²) < 4.78 is 11.4. The fourth-order valence-electron chi connectivity index (χ4n) is 4.18. The van der Waals surface area contributed by atoms with Crippen molar-refractivity contribution in [2.75, 3.05) is 18.1 Å². The van der Waals surface area contributed by atoms with Crippen LogP contribution in [0.1, 0.15) is 43.5 Å². The number of aliphatic hydroxyl groups is 1. The Kier molecular flexibility index (Phi) is 7.44. The van der Waals surface area contributed by atoms with Crippen LogP contribution < -0.4 is 14.4 Å². The molecular formula is C30H31NO5. The SMILES string of the molecule is CCOc1ccc(C2/C(=C(/O)c3cccc(OCC(C)C)c3)C(=O)C(=O)N2c2ccc(C)cc2)cc1. The zero-order valence-corrected chi connectivity index (χ0v) is 21.0. The number of carbonyl (C=O) groups excluding carboxylic acids is 2. The maximum absolute atomic E-state index is 13.4. The summed E-state index contributed by atoms with van der Waals surface area (Å²) in [4.78, 5) is 28.1. The Bertz CT molecular complexity index is 1280. The molecule has 1 aliphatic heterocycles. The fourth-order valence-corrected chi connectivity index (χ4v) is 4.18. The number of ketones is 1. The summed E-state index contributed by atoms with van der Waals surface area (Å²) in [6.07, 6.45) is 0. The number of Topliss-reactive ketones (excluding diaryl/α,β-unsaturated/α-hetero) is 1. The van der Waals surface area contributed by atoms with Gasteiger partial charge < -0.3 is 14.6 Å². The van der Waals surface area contributed by atoms with Gasteiger partial charge in [0.25, 0.3) is 11.7 Å². The summed E-state index contributed by atoms with van der Waals surface area (Å²) in [5, 5.41) is 11.4. The van der Waals surface area contributed by atoms with Crippen LogP contribution in [0.4, 0.5) is 5.69 Å². The van der Waals surface area contributed by atoms with Crippen LogP contribution in [0.2, 0.25) is 0 Å². The molecule has 3 aromatic rings. The maximum Gasteiger partial charge on any atom is 0.300 e. The Morgan fingerprint density at radius 1 is 0.944 bits per heavy atom. The molecule has 1 amide bonds. The number of aliphatic hydroxyl groups excluding tert-OH is 1. The quantitative estimate of drug-likeness (QED) is 0.239. The van der Waals surface area contributed by atoms with Gasteiger partial charge in [0.1, 0.15) is 17.3 Å². The van der Waals surface area contributed by atoms with E-state index in [9.17, 15) is 14.7 Å². The lowest BCUT2D eigenvalue weighted by atomic mass is 9.95. The van der Waals surface area contributed by atoms with E-state index in [2.05, 4.69) is 0 Å². The topological polar surface area (TPSA) is 76.1 Å². The van der Waals surface area contributed by atoms with Crippen molar-refractivity contribution in [3.05, 3.63) is 95.1 Å². The number of aryl methyl sites for hydroxylation is 1. The van der Waals surface area contributed by atoms with E-state index in [0.717, 1.165) is 5.56 Å². The molecule has 6 nitrogen and oxygen atoms in total. The van der Waals surface area contributed by atoms with Crippen molar-refractivity contribution in [3.8, 4) is 11.5 Å². The van der Waals surface area contributed by atoms with Gasteiger partial charge in [-0.25, -0.2) is 0 Å². The molecule has 0 aromatic heterocycles. The Morgan fingerprint density at radius 2 is 1.64 bits per heavy atom. The molecule has 1 atom stereocenters. The van der Waals surface area contributed by atoms with Crippen molar-refractivity contribution >= 4 is 23.1 Å². The molecule has 1 fully saturated rings. The fraction of sp³-hybridized carbons (Fsp3) is 0.267. The number of hydrogen-bond donors (Lipinski definition) is 1. The highest BCUT2D eigenvalue weighted by atomic mass is 16.5. The average Bonchev–Trinajstić information content (AvgIpc) is 3.14. The molecule has 1 N–H and O–H groups in total. The molecule has 1 heterocycles. The van der Waals surface area contributed by atoms with Crippen LogP contribution in [0.5, 0.6) is 11.5 Å². The molecule has 1 unspecified atom stereocenters. The predicted molar refractivity (Wildman–Crippen MR) is 140 cm³/mol. The highest BCUT2D eigenvalue weighted by Crippen LogP contribution is 2.42. The zero-order chi connectivity index (χ0) is 25.8. The van der Waals surface area contributed by atoms with E-state index in [1.165, 1.54) is 4.90 Å². The molecule has 3 aromatic carbocycles. The summed E-state index contributed by atoms with van der Waals surface area (Å²) in [5.41, 5.74) is 2.74. The molecule has 0 bridgehead atoms. The number of nitrogens with zero attached hydrogens (tertiary/aromatic N) is 1. The number of rotatable bonds is 8. The number of hydrogen-bond acceptors (Lipinski definition) is 5. The van der Waals surface area contributed by atoms with Crippen molar-refractivity contribution in [2.45, 2.75) is 33.7 Å². The Balaban J connectivity index is 1.84. The van der Waals surface area contributed by atoms with Crippen LogP contribution in [0.15, 0.2) is 78.4 Å². The molecule has 36 heavy (non-hydrogen) atoms. The first-order chi connectivity index (χ1) is 17.3. The van der Waals surface area contributed by atoms with E-state index in [1.54, 1.807) is 36.4 Å². The Labute approximate surface area is 211 Å². The number of benzene rings is 3. The molecule has 1 aliphatic rings. The summed E-state index contributed by atoms with van der Waals surface area (Å²) in [7, 11) is 0. The first kappa shape index (κ1) is 25.0. The largest absolute Gasteiger partial charge is 0.507 e. The minimum atomic E-state index is -0.802. The minimum absolute atomic E-state index is 0.0331. The maximum atomic E-state index is 13.4. The molecule has 0 aliphatic carbocycles. The van der Waals surface area contributed by atoms with Gasteiger partial charge in [0, 0.05) is 11.3 Å². The lowest BCUT2D eigenvalue weighted by Gasteiger charge is -2.25. The van der Waals surface area contributed by atoms with Gasteiger partial charge in [0.05, 0.1) is 24.8 Å². The molecule has 1 saturated heterocycles. The van der Waals surface area contributed by atoms with Crippen molar-refractivity contribution in [1.82, 2.24) is 0 Å². The van der Waals surface area contributed by atoms with Crippen LogP contribution in [-0.4, -0.2) is 30.0 Å². The summed E-state index contributed by atoms with van der Waals surface area (Å²) in [6.45, 7) is 9.00. The van der Waals surface area contributed by atoms with Crippen LogP contribution in [0.3, 0.4) is 0 Å². The predicted octanol–water partition coefficient (Wildman–Crippen LogP) is 6.05. The van der Waals surface area contributed by atoms with Crippen molar-refractivity contribution in [1.29, 1.82) is 0 Å². The first-order valence-corrected chi connectivity index (χ1v) is 12.1. The van der Waals surface area contributed by atoms with Gasteiger partial charge in [-0.15, -0.1) is 0 Å². The summed E-state index contributed by atoms with van der Waals surface area (Å²) in [6, 6.07) is 20.8. The van der Waals surface area contributed by atoms with E-state index >= 15 is 0 Å². The summed E-state index contributed by atoms with van der Waals surface area (Å²) in [5.74, 6) is -0.0628. The van der Waals surface area contributed by atoms with Gasteiger partial charge in [-0.2, -0.15) is 0 Å². The number of carbonyl (C=O) groups is 2. The third kappa shape index (κ3) is 5.13. The molecule has 0 saturated carbocycles. The van der Waals surface area contributed by atoms with Gasteiger partial charge in [0.15, 0.2) is 0 Å². The minimum Gasteiger partial charge on any atom is -0.507 e. The Morgan fingerprint density at radius 3 is 2.28 bits per heavy atom. The van der Waals surface area contributed by atoms with Gasteiger partial charge in [-0.05, 0) is 61.7 Å². The lowest BCUT2D eigenvalue weighted by Crippen LogP contribution is -2.29. The van der Waals surface area contributed by atoms with E-state index in [0.29, 0.717) is 47.4 Å². The second-order valence-electron chi connectivity index (χ2n) is 9.24. The first-order valence-electron chi connectivity index (χ1n) is 12.1. The smallest absolute Gasteiger partial charge is 0.300 e. The van der Waals surface area contributed by atoms with Gasteiger partial charge in [0.2, 0.25) is 0 Å². The van der Waals surface area contributed by atoms with Crippen molar-refractivity contribution in [2.24, 2.45) is 5.92 Å². The monoisotopic (exact) mass is 485 g/mol. The molecule has 186 valence electrons. The van der Waals surface area contributed by atoms with Crippen LogP contribution in [-0.2, 0) is 9.59 Å². The van der Waals surface area contributed by atoms with Crippen molar-refractivity contribution in [3.63, 3.8) is 0 Å². The highest BCUT2D eigenvalue weighted by Gasteiger charge is 2.47.